The number of ketones is 1. The van der Waals surface area contributed by atoms with Crippen LogP contribution in [0.15, 0.2) is 29.1 Å². The van der Waals surface area contributed by atoms with Crippen molar-refractivity contribution in [2.45, 2.75) is 19.9 Å². The summed E-state index contributed by atoms with van der Waals surface area (Å²) < 4.78 is 6.06. The molecule has 0 aliphatic heterocycles. The first-order valence-electron chi connectivity index (χ1n) is 5.88. The third-order valence-electron chi connectivity index (χ3n) is 2.63. The van der Waals surface area contributed by atoms with E-state index < -0.39 is 0 Å². The molecule has 6 heteroatoms. The van der Waals surface area contributed by atoms with Crippen molar-refractivity contribution in [1.29, 1.82) is 0 Å². The molecule has 0 amide bonds. The summed E-state index contributed by atoms with van der Waals surface area (Å²) in [5.41, 5.74) is -0.318. The van der Waals surface area contributed by atoms with Crippen molar-refractivity contribution in [3.8, 4) is 5.88 Å². The minimum Gasteiger partial charge on any atom is -0.480 e. The SMILES string of the molecule is CCc1ccc(C(=O)Cn2nc(OC)ccc2=O)s1. The van der Waals surface area contributed by atoms with Gasteiger partial charge in [-0.05, 0) is 18.6 Å². The van der Waals surface area contributed by atoms with Gasteiger partial charge in [0.1, 0.15) is 6.54 Å². The predicted octanol–water partition coefficient (Wildman–Crippen LogP) is 1.76. The molecule has 0 radical (unpaired) electrons. The standard InChI is InChI=1S/C13H14N2O3S/c1-3-9-4-5-11(19-9)10(16)8-15-13(17)7-6-12(14-15)18-2/h4-7H,3,8H2,1-2H3. The van der Waals surface area contributed by atoms with Crippen LogP contribution in [-0.2, 0) is 13.0 Å². The molecule has 2 aromatic heterocycles. The third-order valence-corrected chi connectivity index (χ3v) is 3.90. The van der Waals surface area contributed by atoms with Gasteiger partial charge < -0.3 is 4.74 Å². The maximum Gasteiger partial charge on any atom is 0.267 e. The predicted molar refractivity (Wildman–Crippen MR) is 73.1 cm³/mol. The van der Waals surface area contributed by atoms with Crippen LogP contribution in [0.2, 0.25) is 0 Å². The lowest BCUT2D eigenvalue weighted by atomic mass is 10.3. The fraction of sp³-hybridized carbons (Fsp3) is 0.308. The van der Waals surface area contributed by atoms with Crippen molar-refractivity contribution in [2.24, 2.45) is 0 Å². The Labute approximate surface area is 114 Å². The molecule has 0 saturated carbocycles. The first kappa shape index (κ1) is 13.5. The Hall–Kier alpha value is -1.95. The highest BCUT2D eigenvalue weighted by Crippen LogP contribution is 2.17. The number of thiophene rings is 1. The number of hydrogen-bond donors (Lipinski definition) is 0. The van der Waals surface area contributed by atoms with E-state index in [1.807, 2.05) is 13.0 Å². The molecule has 0 aliphatic rings. The minimum atomic E-state index is -0.318. The van der Waals surface area contributed by atoms with Crippen LogP contribution >= 0.6 is 11.3 Å². The lowest BCUT2D eigenvalue weighted by molar-refractivity contribution is 0.0969. The van der Waals surface area contributed by atoms with Crippen LogP contribution in [0.4, 0.5) is 0 Å². The summed E-state index contributed by atoms with van der Waals surface area (Å²) in [6.07, 6.45) is 0.898. The molecule has 0 bridgehead atoms. The Morgan fingerprint density at radius 1 is 1.37 bits per heavy atom. The Bertz CT molecular complexity index is 645. The Balaban J connectivity index is 2.21. The van der Waals surface area contributed by atoms with Gasteiger partial charge in [-0.1, -0.05) is 6.92 Å². The average Bonchev–Trinajstić information content (AvgIpc) is 2.90. The molecule has 0 saturated heterocycles. The molecule has 2 rings (SSSR count). The van der Waals surface area contributed by atoms with E-state index in [9.17, 15) is 9.59 Å². The van der Waals surface area contributed by atoms with Crippen molar-refractivity contribution in [1.82, 2.24) is 9.78 Å². The molecule has 19 heavy (non-hydrogen) atoms. The smallest absolute Gasteiger partial charge is 0.267 e. The van der Waals surface area contributed by atoms with Crippen LogP contribution in [0.1, 0.15) is 21.5 Å². The number of Topliss-reactive ketones (excluding diaryl/α,β-unsaturated/α-hetero) is 1. The molecular formula is C13H14N2O3S. The van der Waals surface area contributed by atoms with Crippen LogP contribution in [0.25, 0.3) is 0 Å². The van der Waals surface area contributed by atoms with E-state index in [-0.39, 0.29) is 17.9 Å². The highest BCUT2D eigenvalue weighted by molar-refractivity contribution is 7.14. The molecule has 0 aliphatic carbocycles. The van der Waals surface area contributed by atoms with Crippen LogP contribution < -0.4 is 10.3 Å². The first-order chi connectivity index (χ1) is 9.13. The summed E-state index contributed by atoms with van der Waals surface area (Å²) in [5, 5.41) is 3.95. The molecule has 2 heterocycles. The van der Waals surface area contributed by atoms with Gasteiger partial charge in [0.2, 0.25) is 5.88 Å². The summed E-state index contributed by atoms with van der Waals surface area (Å²) in [6, 6.07) is 6.53. The quantitative estimate of drug-likeness (QED) is 0.782. The number of nitrogens with zero attached hydrogens (tertiary/aromatic N) is 2. The lowest BCUT2D eigenvalue weighted by Gasteiger charge is -2.04. The van der Waals surface area contributed by atoms with E-state index in [4.69, 9.17) is 4.74 Å². The van der Waals surface area contributed by atoms with E-state index >= 15 is 0 Å². The highest BCUT2D eigenvalue weighted by atomic mass is 32.1. The maximum absolute atomic E-state index is 12.1. The fourth-order valence-electron chi connectivity index (χ4n) is 1.58. The second kappa shape index (κ2) is 5.79. The van der Waals surface area contributed by atoms with Gasteiger partial charge in [0.25, 0.3) is 5.56 Å². The summed E-state index contributed by atoms with van der Waals surface area (Å²) in [4.78, 5) is 25.5. The van der Waals surface area contributed by atoms with Gasteiger partial charge in [-0.25, -0.2) is 4.68 Å². The molecule has 100 valence electrons. The summed E-state index contributed by atoms with van der Waals surface area (Å²) >= 11 is 1.45. The molecule has 0 atom stereocenters. The minimum absolute atomic E-state index is 0.0697. The molecule has 0 fully saturated rings. The van der Waals surface area contributed by atoms with Crippen LogP contribution in [-0.4, -0.2) is 22.7 Å². The van der Waals surface area contributed by atoms with Gasteiger partial charge in [0.05, 0.1) is 12.0 Å². The first-order valence-corrected chi connectivity index (χ1v) is 6.69. The monoisotopic (exact) mass is 278 g/mol. The molecule has 0 unspecified atom stereocenters. The van der Waals surface area contributed by atoms with Crippen molar-refractivity contribution in [2.75, 3.05) is 7.11 Å². The van der Waals surface area contributed by atoms with E-state index in [1.54, 1.807) is 6.07 Å². The number of hydrogen-bond acceptors (Lipinski definition) is 5. The molecular weight excluding hydrogens is 264 g/mol. The zero-order chi connectivity index (χ0) is 13.8. The van der Waals surface area contributed by atoms with E-state index in [2.05, 4.69) is 5.10 Å². The van der Waals surface area contributed by atoms with Crippen molar-refractivity contribution < 1.29 is 9.53 Å². The number of aryl methyl sites for hydroxylation is 1. The topological polar surface area (TPSA) is 61.2 Å². The molecule has 0 aromatic carbocycles. The average molecular weight is 278 g/mol. The maximum atomic E-state index is 12.1. The van der Waals surface area contributed by atoms with Gasteiger partial charge in [-0.3, -0.25) is 9.59 Å². The molecule has 2 aromatic rings. The highest BCUT2D eigenvalue weighted by Gasteiger charge is 2.11. The van der Waals surface area contributed by atoms with Crippen LogP contribution in [0, 0.1) is 0 Å². The van der Waals surface area contributed by atoms with Gasteiger partial charge in [-0.2, -0.15) is 0 Å². The van der Waals surface area contributed by atoms with Crippen LogP contribution in [0.3, 0.4) is 0 Å². The summed E-state index contributed by atoms with van der Waals surface area (Å²) in [5.74, 6) is 0.195. The zero-order valence-electron chi connectivity index (χ0n) is 10.8. The number of methoxy groups -OCH3 is 1. The second-order valence-electron chi connectivity index (χ2n) is 3.91. The Kier molecular flexibility index (Phi) is 4.11. The number of aromatic nitrogens is 2. The molecule has 0 spiro atoms. The van der Waals surface area contributed by atoms with E-state index in [1.165, 1.54) is 30.6 Å². The summed E-state index contributed by atoms with van der Waals surface area (Å²) in [6.45, 7) is 1.97. The van der Waals surface area contributed by atoms with E-state index in [0.717, 1.165) is 16.0 Å². The molecule has 0 N–H and O–H groups in total. The Morgan fingerprint density at radius 3 is 2.79 bits per heavy atom. The van der Waals surface area contributed by atoms with Gasteiger partial charge >= 0.3 is 0 Å². The number of ether oxygens (including phenoxy) is 1. The molecule has 5 nitrogen and oxygen atoms in total. The van der Waals surface area contributed by atoms with E-state index in [0.29, 0.717) is 10.8 Å². The van der Waals surface area contributed by atoms with Gasteiger partial charge in [0, 0.05) is 17.0 Å². The number of rotatable bonds is 5. The number of carbonyl (C=O) groups is 1. The largest absolute Gasteiger partial charge is 0.480 e. The van der Waals surface area contributed by atoms with Gasteiger partial charge in [-0.15, -0.1) is 16.4 Å². The van der Waals surface area contributed by atoms with Crippen molar-refractivity contribution >= 4 is 17.1 Å². The van der Waals surface area contributed by atoms with Crippen molar-refractivity contribution in [3.63, 3.8) is 0 Å². The zero-order valence-corrected chi connectivity index (χ0v) is 11.6. The number of carbonyl (C=O) groups excluding carboxylic acids is 1. The Morgan fingerprint density at radius 2 is 2.16 bits per heavy atom. The van der Waals surface area contributed by atoms with Crippen molar-refractivity contribution in [3.05, 3.63) is 44.4 Å². The third kappa shape index (κ3) is 3.08. The summed E-state index contributed by atoms with van der Waals surface area (Å²) in [7, 11) is 1.46. The second-order valence-corrected chi connectivity index (χ2v) is 5.08. The van der Waals surface area contributed by atoms with Gasteiger partial charge in [0.15, 0.2) is 5.78 Å². The lowest BCUT2D eigenvalue weighted by Crippen LogP contribution is -2.25. The van der Waals surface area contributed by atoms with Crippen LogP contribution in [0.5, 0.6) is 5.88 Å². The fourth-order valence-corrected chi connectivity index (χ4v) is 2.46. The normalized spacial score (nSPS) is 10.4.